The monoisotopic (exact) mass is 385 g/mol. The molecule has 146 valence electrons. The molecule has 0 bridgehead atoms. The van der Waals surface area contributed by atoms with Gasteiger partial charge in [-0.25, -0.2) is 8.78 Å². The molecule has 4 nitrogen and oxygen atoms in total. The van der Waals surface area contributed by atoms with E-state index in [-0.39, 0.29) is 24.2 Å². The van der Waals surface area contributed by atoms with Gasteiger partial charge in [-0.3, -0.25) is 4.79 Å². The Morgan fingerprint density at radius 3 is 2.44 bits per heavy atom. The van der Waals surface area contributed by atoms with Gasteiger partial charge in [0.05, 0.1) is 0 Å². The van der Waals surface area contributed by atoms with Crippen molar-refractivity contribution in [3.8, 4) is 5.75 Å². The fourth-order valence-electron chi connectivity index (χ4n) is 2.47. The summed E-state index contributed by atoms with van der Waals surface area (Å²) in [6.45, 7) is -0.536. The van der Waals surface area contributed by atoms with Crippen LogP contribution in [0.3, 0.4) is 0 Å². The third-order valence-electron chi connectivity index (χ3n) is 4.01. The number of nitrogens with two attached hydrogens (primary N) is 1. The number of ether oxygens (including phenoxy) is 1. The largest absolute Gasteiger partial charge is 0.435 e. The van der Waals surface area contributed by atoms with Crippen molar-refractivity contribution in [1.82, 2.24) is 5.32 Å². The molecule has 0 fully saturated rings. The van der Waals surface area contributed by atoms with Crippen LogP contribution in [0.5, 0.6) is 5.75 Å². The van der Waals surface area contributed by atoms with Gasteiger partial charge in [0, 0.05) is 12.1 Å². The Hall–Kier alpha value is -2.61. The molecule has 27 heavy (non-hydrogen) atoms. The predicted octanol–water partition coefficient (Wildman–Crippen LogP) is 2.55. The number of amides is 1. The van der Waals surface area contributed by atoms with Crippen LogP contribution >= 0.6 is 0 Å². The summed E-state index contributed by atoms with van der Waals surface area (Å²) >= 11 is 0. The zero-order valence-electron chi connectivity index (χ0n) is 14.7. The number of rotatable bonds is 9. The number of carbonyl (C=O) groups excluding carboxylic acids is 1. The van der Waals surface area contributed by atoms with Gasteiger partial charge >= 0.3 is 6.61 Å². The standard InChI is InChI=1S/C19H20F4N2O2/c1-12(14-4-7-16(20)17(21)10-14)25-11-18(26)24-9-8-13-2-5-15(6-3-13)27-19(22)23/h2-7,10,12,19,25H,8-9,11H2,1H3,(H,24,26)/p+1/t12-/m0/s1. The van der Waals surface area contributed by atoms with E-state index in [0.717, 1.165) is 17.7 Å². The zero-order chi connectivity index (χ0) is 19.8. The molecule has 2 rings (SSSR count). The van der Waals surface area contributed by atoms with Crippen molar-refractivity contribution in [1.29, 1.82) is 0 Å². The molecule has 0 heterocycles. The molecule has 1 atom stereocenters. The molecule has 2 aromatic rings. The molecule has 0 aliphatic heterocycles. The van der Waals surface area contributed by atoms with E-state index < -0.39 is 18.2 Å². The first-order valence-corrected chi connectivity index (χ1v) is 8.44. The molecule has 0 unspecified atom stereocenters. The van der Waals surface area contributed by atoms with Gasteiger partial charge in [-0.05, 0) is 49.2 Å². The van der Waals surface area contributed by atoms with Crippen LogP contribution in [-0.2, 0) is 11.2 Å². The van der Waals surface area contributed by atoms with Gasteiger partial charge in [0.25, 0.3) is 5.91 Å². The minimum Gasteiger partial charge on any atom is -0.435 e. The summed E-state index contributed by atoms with van der Waals surface area (Å²) in [7, 11) is 0. The van der Waals surface area contributed by atoms with Crippen LogP contribution < -0.4 is 15.4 Å². The van der Waals surface area contributed by atoms with E-state index in [0.29, 0.717) is 18.5 Å². The Balaban J connectivity index is 1.70. The fourth-order valence-corrected chi connectivity index (χ4v) is 2.47. The lowest BCUT2D eigenvalue weighted by Crippen LogP contribution is -2.87. The summed E-state index contributed by atoms with van der Waals surface area (Å²) < 4.78 is 54.6. The molecule has 0 aliphatic rings. The number of hydrogen-bond acceptors (Lipinski definition) is 2. The summed E-state index contributed by atoms with van der Waals surface area (Å²) in [6, 6.07) is 9.67. The molecule has 0 saturated carbocycles. The number of halogens is 4. The van der Waals surface area contributed by atoms with Gasteiger partial charge in [-0.15, -0.1) is 0 Å². The predicted molar refractivity (Wildman–Crippen MR) is 91.4 cm³/mol. The summed E-state index contributed by atoms with van der Waals surface area (Å²) in [5, 5.41) is 4.47. The van der Waals surface area contributed by atoms with Crippen LogP contribution in [0.25, 0.3) is 0 Å². The molecule has 2 aromatic carbocycles. The van der Waals surface area contributed by atoms with Gasteiger partial charge < -0.3 is 15.4 Å². The fraction of sp³-hybridized carbons (Fsp3) is 0.316. The third kappa shape index (κ3) is 6.90. The Bertz CT molecular complexity index is 754. The molecular formula is C19H21F4N2O2+. The van der Waals surface area contributed by atoms with Crippen LogP contribution in [0.15, 0.2) is 42.5 Å². The van der Waals surface area contributed by atoms with Crippen LogP contribution in [-0.4, -0.2) is 25.6 Å². The maximum absolute atomic E-state index is 13.2. The molecule has 0 radical (unpaired) electrons. The minimum atomic E-state index is -2.86. The second kappa shape index (κ2) is 9.91. The second-order valence-electron chi connectivity index (χ2n) is 6.02. The van der Waals surface area contributed by atoms with Crippen molar-refractivity contribution in [2.24, 2.45) is 0 Å². The van der Waals surface area contributed by atoms with Gasteiger partial charge in [0.1, 0.15) is 11.8 Å². The van der Waals surface area contributed by atoms with Crippen molar-refractivity contribution in [3.05, 3.63) is 65.2 Å². The molecular weight excluding hydrogens is 364 g/mol. The van der Waals surface area contributed by atoms with E-state index in [9.17, 15) is 22.4 Å². The Morgan fingerprint density at radius 1 is 1.11 bits per heavy atom. The first-order chi connectivity index (χ1) is 12.8. The summed E-state index contributed by atoms with van der Waals surface area (Å²) in [4.78, 5) is 11.9. The van der Waals surface area contributed by atoms with Crippen molar-refractivity contribution >= 4 is 5.91 Å². The van der Waals surface area contributed by atoms with E-state index in [1.165, 1.54) is 18.2 Å². The Kier molecular flexibility index (Phi) is 7.60. The molecule has 3 N–H and O–H groups in total. The highest BCUT2D eigenvalue weighted by atomic mass is 19.3. The second-order valence-corrected chi connectivity index (χ2v) is 6.02. The van der Waals surface area contributed by atoms with Gasteiger partial charge in [0.15, 0.2) is 18.2 Å². The summed E-state index contributed by atoms with van der Waals surface area (Å²) in [5.41, 5.74) is 1.46. The van der Waals surface area contributed by atoms with Gasteiger partial charge in [0.2, 0.25) is 0 Å². The van der Waals surface area contributed by atoms with Crippen molar-refractivity contribution < 1.29 is 32.4 Å². The molecule has 0 aromatic heterocycles. The smallest absolute Gasteiger partial charge is 0.387 e. The quantitative estimate of drug-likeness (QED) is 0.652. The van der Waals surface area contributed by atoms with E-state index in [2.05, 4.69) is 10.1 Å². The normalized spacial score (nSPS) is 12.1. The first kappa shape index (κ1) is 20.7. The highest BCUT2D eigenvalue weighted by Gasteiger charge is 2.13. The zero-order valence-corrected chi connectivity index (χ0v) is 14.7. The van der Waals surface area contributed by atoms with Crippen molar-refractivity contribution in [3.63, 3.8) is 0 Å². The molecule has 0 saturated heterocycles. The SMILES string of the molecule is C[C@H]([NH2+]CC(=O)NCCc1ccc(OC(F)F)cc1)c1ccc(F)c(F)c1. The lowest BCUT2D eigenvalue weighted by atomic mass is 10.1. The summed E-state index contributed by atoms with van der Waals surface area (Å²) in [5.74, 6) is -1.93. The topological polar surface area (TPSA) is 54.9 Å². The highest BCUT2D eigenvalue weighted by Crippen LogP contribution is 2.15. The number of nitrogens with one attached hydrogen (secondary N) is 1. The number of alkyl halides is 2. The van der Waals surface area contributed by atoms with Crippen molar-refractivity contribution in [2.45, 2.75) is 26.0 Å². The number of quaternary nitrogens is 1. The number of hydrogen-bond donors (Lipinski definition) is 2. The van der Waals surface area contributed by atoms with E-state index >= 15 is 0 Å². The Morgan fingerprint density at radius 2 is 1.81 bits per heavy atom. The molecule has 0 spiro atoms. The van der Waals surface area contributed by atoms with Gasteiger partial charge in [-0.1, -0.05) is 12.1 Å². The van der Waals surface area contributed by atoms with E-state index in [1.54, 1.807) is 24.4 Å². The lowest BCUT2D eigenvalue weighted by molar-refractivity contribution is -0.682. The van der Waals surface area contributed by atoms with Crippen LogP contribution in [0, 0.1) is 11.6 Å². The molecule has 1 amide bonds. The maximum Gasteiger partial charge on any atom is 0.387 e. The van der Waals surface area contributed by atoms with E-state index in [1.807, 2.05) is 0 Å². The lowest BCUT2D eigenvalue weighted by Gasteiger charge is -2.11. The maximum atomic E-state index is 13.2. The minimum absolute atomic E-state index is 0.0820. The van der Waals surface area contributed by atoms with Crippen LogP contribution in [0.2, 0.25) is 0 Å². The number of benzene rings is 2. The highest BCUT2D eigenvalue weighted by molar-refractivity contribution is 5.76. The first-order valence-electron chi connectivity index (χ1n) is 8.44. The third-order valence-corrected chi connectivity index (χ3v) is 4.01. The Labute approximate surface area is 154 Å². The van der Waals surface area contributed by atoms with Crippen molar-refractivity contribution in [2.75, 3.05) is 13.1 Å². The van der Waals surface area contributed by atoms with Crippen LogP contribution in [0.4, 0.5) is 17.6 Å². The molecule has 0 aliphatic carbocycles. The number of carbonyl (C=O) groups is 1. The average molecular weight is 385 g/mol. The van der Waals surface area contributed by atoms with Crippen LogP contribution in [0.1, 0.15) is 24.1 Å². The molecule has 8 heteroatoms. The summed E-state index contributed by atoms with van der Waals surface area (Å²) in [6.07, 6.45) is 0.541. The average Bonchev–Trinajstić information content (AvgIpc) is 2.63. The van der Waals surface area contributed by atoms with Gasteiger partial charge in [-0.2, -0.15) is 8.78 Å². The van der Waals surface area contributed by atoms with E-state index in [4.69, 9.17) is 0 Å².